The molecule has 0 bridgehead atoms. The zero-order chi connectivity index (χ0) is 14.4. The van der Waals surface area contributed by atoms with Gasteiger partial charge in [0.05, 0.1) is 36.7 Å². The summed E-state index contributed by atoms with van der Waals surface area (Å²) in [6.45, 7) is 6.93. The molecule has 0 radical (unpaired) electrons. The number of amides is 1. The molecule has 0 spiro atoms. The Morgan fingerprint density at radius 1 is 1.55 bits per heavy atom. The second kappa shape index (κ2) is 7.24. The van der Waals surface area contributed by atoms with Crippen molar-refractivity contribution in [3.8, 4) is 0 Å². The normalized spacial score (nSPS) is 18.9. The van der Waals surface area contributed by atoms with Gasteiger partial charge < -0.3 is 15.0 Å². The van der Waals surface area contributed by atoms with E-state index in [9.17, 15) is 4.79 Å². The maximum absolute atomic E-state index is 12.8. The Kier molecular flexibility index (Phi) is 5.35. The fraction of sp³-hybridized carbons (Fsp3) is 0.600. The molecule has 2 rings (SSSR count). The number of nitrogens with zero attached hydrogens (tertiary/aromatic N) is 2. The molecule has 110 valence electrons. The van der Waals surface area contributed by atoms with E-state index in [2.05, 4.69) is 24.1 Å². The van der Waals surface area contributed by atoms with E-state index >= 15 is 0 Å². The minimum absolute atomic E-state index is 0.0705. The van der Waals surface area contributed by atoms with E-state index in [-0.39, 0.29) is 11.9 Å². The lowest BCUT2D eigenvalue weighted by Crippen LogP contribution is -2.48. The van der Waals surface area contributed by atoms with Crippen molar-refractivity contribution in [3.63, 3.8) is 0 Å². The lowest BCUT2D eigenvalue weighted by Gasteiger charge is -2.35. The van der Waals surface area contributed by atoms with Gasteiger partial charge in [0.15, 0.2) is 0 Å². The summed E-state index contributed by atoms with van der Waals surface area (Å²) in [4.78, 5) is 18.8. The van der Waals surface area contributed by atoms with Gasteiger partial charge in [-0.1, -0.05) is 13.8 Å². The Bertz CT molecular complexity index is 450. The monoisotopic (exact) mass is 277 g/mol. The van der Waals surface area contributed by atoms with E-state index in [4.69, 9.17) is 4.74 Å². The van der Waals surface area contributed by atoms with E-state index in [1.54, 1.807) is 18.5 Å². The molecule has 1 amide bonds. The Balaban J connectivity index is 2.19. The van der Waals surface area contributed by atoms with Crippen molar-refractivity contribution in [2.75, 3.05) is 31.6 Å². The minimum Gasteiger partial charge on any atom is -0.383 e. The van der Waals surface area contributed by atoms with E-state index in [1.165, 1.54) is 0 Å². The largest absolute Gasteiger partial charge is 0.383 e. The Morgan fingerprint density at radius 3 is 3.15 bits per heavy atom. The summed E-state index contributed by atoms with van der Waals surface area (Å²) < 4.78 is 5.46. The summed E-state index contributed by atoms with van der Waals surface area (Å²) in [5.41, 5.74) is 1.52. The van der Waals surface area contributed by atoms with Crippen molar-refractivity contribution in [1.82, 2.24) is 9.88 Å². The summed E-state index contributed by atoms with van der Waals surface area (Å²) in [7, 11) is 0. The highest BCUT2D eigenvalue weighted by Crippen LogP contribution is 2.20. The molecule has 1 aromatic rings. The van der Waals surface area contributed by atoms with Crippen molar-refractivity contribution in [2.45, 2.75) is 32.7 Å². The molecule has 1 aliphatic rings. The maximum Gasteiger partial charge on any atom is 0.256 e. The van der Waals surface area contributed by atoms with Gasteiger partial charge in [-0.2, -0.15) is 0 Å². The third-order valence-electron chi connectivity index (χ3n) is 3.58. The second-order valence-electron chi connectivity index (χ2n) is 4.98. The molecule has 1 aromatic heterocycles. The van der Waals surface area contributed by atoms with Crippen molar-refractivity contribution in [1.29, 1.82) is 0 Å². The molecular weight excluding hydrogens is 254 g/mol. The SMILES string of the molecule is CCCNc1cnccc1C(=O)N1CCOCC1CC. The Hall–Kier alpha value is -1.62. The summed E-state index contributed by atoms with van der Waals surface area (Å²) in [5, 5.41) is 3.27. The van der Waals surface area contributed by atoms with Crippen molar-refractivity contribution in [3.05, 3.63) is 24.0 Å². The predicted molar refractivity (Wildman–Crippen MR) is 79.0 cm³/mol. The molecule has 1 unspecified atom stereocenters. The van der Waals surface area contributed by atoms with Gasteiger partial charge in [0, 0.05) is 19.3 Å². The minimum atomic E-state index is 0.0705. The molecule has 1 aliphatic heterocycles. The molecule has 1 fully saturated rings. The number of aromatic nitrogens is 1. The molecule has 2 heterocycles. The zero-order valence-corrected chi connectivity index (χ0v) is 12.3. The fourth-order valence-electron chi connectivity index (χ4n) is 2.40. The fourth-order valence-corrected chi connectivity index (χ4v) is 2.40. The van der Waals surface area contributed by atoms with Gasteiger partial charge in [0.2, 0.25) is 0 Å². The Morgan fingerprint density at radius 2 is 2.40 bits per heavy atom. The molecule has 0 aromatic carbocycles. The summed E-state index contributed by atoms with van der Waals surface area (Å²) in [5.74, 6) is 0.0705. The first-order chi connectivity index (χ1) is 9.77. The van der Waals surface area contributed by atoms with Crippen LogP contribution in [0.2, 0.25) is 0 Å². The van der Waals surface area contributed by atoms with Crippen LogP contribution in [-0.2, 0) is 4.74 Å². The summed E-state index contributed by atoms with van der Waals surface area (Å²) >= 11 is 0. The number of anilines is 1. The third-order valence-corrected chi connectivity index (χ3v) is 3.58. The van der Waals surface area contributed by atoms with Gasteiger partial charge in [-0.05, 0) is 18.9 Å². The van der Waals surface area contributed by atoms with Crippen LogP contribution in [-0.4, -0.2) is 48.1 Å². The third kappa shape index (κ3) is 3.28. The average Bonchev–Trinajstić information content (AvgIpc) is 2.52. The topological polar surface area (TPSA) is 54.5 Å². The summed E-state index contributed by atoms with van der Waals surface area (Å²) in [6.07, 6.45) is 5.32. The van der Waals surface area contributed by atoms with Crippen LogP contribution in [0.1, 0.15) is 37.0 Å². The highest BCUT2D eigenvalue weighted by Gasteiger charge is 2.28. The van der Waals surface area contributed by atoms with Gasteiger partial charge >= 0.3 is 0 Å². The van der Waals surface area contributed by atoms with Crippen LogP contribution in [0, 0.1) is 0 Å². The predicted octanol–water partition coefficient (Wildman–Crippen LogP) is 2.15. The molecule has 5 heteroatoms. The maximum atomic E-state index is 12.8. The van der Waals surface area contributed by atoms with E-state index < -0.39 is 0 Å². The van der Waals surface area contributed by atoms with Gasteiger partial charge in [-0.25, -0.2) is 0 Å². The zero-order valence-electron chi connectivity index (χ0n) is 12.3. The van der Waals surface area contributed by atoms with Gasteiger partial charge in [0.1, 0.15) is 0 Å². The number of hydrogen-bond acceptors (Lipinski definition) is 4. The average molecular weight is 277 g/mol. The van der Waals surface area contributed by atoms with Gasteiger partial charge in [-0.3, -0.25) is 9.78 Å². The molecule has 0 aliphatic carbocycles. The molecule has 1 atom stereocenters. The molecule has 5 nitrogen and oxygen atoms in total. The number of nitrogens with one attached hydrogen (secondary N) is 1. The van der Waals surface area contributed by atoms with Crippen LogP contribution >= 0.6 is 0 Å². The van der Waals surface area contributed by atoms with Crippen LogP contribution in [0.25, 0.3) is 0 Å². The van der Waals surface area contributed by atoms with Crippen LogP contribution in [0.15, 0.2) is 18.5 Å². The number of rotatable bonds is 5. The van der Waals surface area contributed by atoms with Gasteiger partial charge in [0.25, 0.3) is 5.91 Å². The van der Waals surface area contributed by atoms with Crippen LogP contribution in [0.3, 0.4) is 0 Å². The standard InChI is InChI=1S/C15H23N3O2/c1-3-6-17-14-10-16-7-5-13(14)15(19)18-8-9-20-11-12(18)4-2/h5,7,10,12,17H,3-4,6,8-9,11H2,1-2H3. The van der Waals surface area contributed by atoms with Crippen molar-refractivity contribution >= 4 is 11.6 Å². The second-order valence-corrected chi connectivity index (χ2v) is 4.98. The lowest BCUT2D eigenvalue weighted by atomic mass is 10.1. The highest BCUT2D eigenvalue weighted by atomic mass is 16.5. The summed E-state index contributed by atoms with van der Waals surface area (Å²) in [6, 6.07) is 1.96. The molecular formula is C15H23N3O2. The van der Waals surface area contributed by atoms with Crippen LogP contribution < -0.4 is 5.32 Å². The number of pyridine rings is 1. The number of hydrogen-bond donors (Lipinski definition) is 1. The number of carbonyl (C=O) groups excluding carboxylic acids is 1. The number of morpholine rings is 1. The molecule has 1 saturated heterocycles. The van der Waals surface area contributed by atoms with E-state index in [0.29, 0.717) is 25.3 Å². The number of carbonyl (C=O) groups is 1. The quantitative estimate of drug-likeness (QED) is 0.896. The van der Waals surface area contributed by atoms with Crippen LogP contribution in [0.4, 0.5) is 5.69 Å². The molecule has 0 saturated carbocycles. The van der Waals surface area contributed by atoms with E-state index in [1.807, 2.05) is 4.90 Å². The van der Waals surface area contributed by atoms with Crippen molar-refractivity contribution in [2.24, 2.45) is 0 Å². The highest BCUT2D eigenvalue weighted by molar-refractivity contribution is 5.99. The molecule has 1 N–H and O–H groups in total. The first-order valence-corrected chi connectivity index (χ1v) is 7.34. The van der Waals surface area contributed by atoms with E-state index in [0.717, 1.165) is 25.1 Å². The molecule has 20 heavy (non-hydrogen) atoms. The van der Waals surface area contributed by atoms with Crippen LogP contribution in [0.5, 0.6) is 0 Å². The number of ether oxygens (including phenoxy) is 1. The lowest BCUT2D eigenvalue weighted by molar-refractivity contribution is -0.00275. The first kappa shape index (κ1) is 14.8. The van der Waals surface area contributed by atoms with Crippen molar-refractivity contribution < 1.29 is 9.53 Å². The Labute approximate surface area is 120 Å². The van der Waals surface area contributed by atoms with Gasteiger partial charge in [-0.15, -0.1) is 0 Å². The smallest absolute Gasteiger partial charge is 0.256 e. The first-order valence-electron chi connectivity index (χ1n) is 7.34.